The lowest BCUT2D eigenvalue weighted by Gasteiger charge is -2.10. The molecule has 0 spiro atoms. The topological polar surface area (TPSA) is 24.9 Å². The van der Waals surface area contributed by atoms with Crippen LogP contribution in [0.25, 0.3) is 0 Å². The highest BCUT2D eigenvalue weighted by atomic mass is 79.9. The molecule has 4 heteroatoms. The molecular weight excluding hydrogens is 260 g/mol. The van der Waals surface area contributed by atoms with E-state index in [9.17, 15) is 0 Å². The Kier molecular flexibility index (Phi) is 4.78. The molecule has 0 saturated heterocycles. The first-order chi connectivity index (χ1) is 6.63. The summed E-state index contributed by atoms with van der Waals surface area (Å²) < 4.78 is 0.968. The molecule has 0 aliphatic carbocycles. The minimum absolute atomic E-state index is 0.292. The number of halogens is 1. The predicted molar refractivity (Wildman–Crippen MR) is 66.0 cm³/mol. The van der Waals surface area contributed by atoms with Crippen molar-refractivity contribution in [1.82, 2.24) is 10.3 Å². The Morgan fingerprint density at radius 3 is 3.00 bits per heavy atom. The number of nitrogens with zero attached hydrogens (tertiary/aromatic N) is 1. The van der Waals surface area contributed by atoms with Crippen LogP contribution >= 0.6 is 27.3 Å². The van der Waals surface area contributed by atoms with Gasteiger partial charge in [-0.1, -0.05) is 29.4 Å². The largest absolute Gasteiger partial charge is 0.304 e. The first kappa shape index (κ1) is 11.9. The van der Waals surface area contributed by atoms with Crippen LogP contribution in [0.4, 0.5) is 0 Å². The van der Waals surface area contributed by atoms with Crippen LogP contribution in [0, 0.1) is 0 Å². The summed E-state index contributed by atoms with van der Waals surface area (Å²) in [6.45, 7) is 8.80. The lowest BCUT2D eigenvalue weighted by Crippen LogP contribution is -2.20. The first-order valence-corrected chi connectivity index (χ1v) is 6.31. The van der Waals surface area contributed by atoms with Crippen LogP contribution in [0.2, 0.25) is 0 Å². The quantitative estimate of drug-likeness (QED) is 0.892. The van der Waals surface area contributed by atoms with Crippen molar-refractivity contribution in [3.63, 3.8) is 0 Å². The molecule has 0 radical (unpaired) electrons. The highest BCUT2D eigenvalue weighted by molar-refractivity contribution is 9.11. The standard InChI is InChI=1S/C10H15BrN2S/c1-4-10-13-9(6-14-10)8(3)12-5-7(2)11/h6,8,12H,2,4-5H2,1,3H3. The van der Waals surface area contributed by atoms with Crippen LogP contribution in [0.1, 0.15) is 30.6 Å². The average Bonchev–Trinajstić information content (AvgIpc) is 2.62. The normalized spacial score (nSPS) is 12.8. The van der Waals surface area contributed by atoms with Gasteiger partial charge in [0.1, 0.15) is 0 Å². The molecule has 14 heavy (non-hydrogen) atoms. The molecule has 0 aliphatic rings. The second-order valence-corrected chi connectivity index (χ2v) is 5.20. The molecule has 0 aliphatic heterocycles. The lowest BCUT2D eigenvalue weighted by molar-refractivity contribution is 0.601. The zero-order valence-electron chi connectivity index (χ0n) is 8.51. The van der Waals surface area contributed by atoms with Crippen molar-refractivity contribution >= 4 is 27.3 Å². The van der Waals surface area contributed by atoms with E-state index in [0.29, 0.717) is 6.04 Å². The van der Waals surface area contributed by atoms with E-state index in [1.165, 1.54) is 5.01 Å². The van der Waals surface area contributed by atoms with Gasteiger partial charge in [-0.3, -0.25) is 0 Å². The van der Waals surface area contributed by atoms with E-state index in [0.717, 1.165) is 23.1 Å². The van der Waals surface area contributed by atoms with Crippen molar-refractivity contribution in [2.24, 2.45) is 0 Å². The zero-order valence-corrected chi connectivity index (χ0v) is 10.9. The fourth-order valence-corrected chi connectivity index (χ4v) is 2.06. The Morgan fingerprint density at radius 2 is 2.50 bits per heavy atom. The van der Waals surface area contributed by atoms with Gasteiger partial charge in [-0.15, -0.1) is 11.3 Å². The van der Waals surface area contributed by atoms with Crippen LogP contribution in [0.5, 0.6) is 0 Å². The van der Waals surface area contributed by atoms with Crippen molar-refractivity contribution < 1.29 is 0 Å². The number of nitrogens with one attached hydrogen (secondary N) is 1. The second kappa shape index (κ2) is 5.63. The van der Waals surface area contributed by atoms with Crippen LogP contribution in [-0.2, 0) is 6.42 Å². The molecule has 2 nitrogen and oxygen atoms in total. The molecule has 0 aromatic carbocycles. The Morgan fingerprint density at radius 1 is 1.79 bits per heavy atom. The van der Waals surface area contributed by atoms with Gasteiger partial charge in [0.05, 0.1) is 10.7 Å². The van der Waals surface area contributed by atoms with Crippen molar-refractivity contribution in [2.75, 3.05) is 6.54 Å². The Labute approximate surface area is 97.6 Å². The van der Waals surface area contributed by atoms with Gasteiger partial charge in [-0.05, 0) is 13.3 Å². The van der Waals surface area contributed by atoms with E-state index in [2.05, 4.69) is 52.0 Å². The average molecular weight is 275 g/mol. The molecule has 1 aromatic rings. The summed E-state index contributed by atoms with van der Waals surface area (Å²) >= 11 is 5.05. The summed E-state index contributed by atoms with van der Waals surface area (Å²) in [6, 6.07) is 0.292. The van der Waals surface area contributed by atoms with Crippen molar-refractivity contribution in [3.05, 3.63) is 27.1 Å². The number of thiazole rings is 1. The van der Waals surface area contributed by atoms with Crippen molar-refractivity contribution in [1.29, 1.82) is 0 Å². The third-order valence-electron chi connectivity index (χ3n) is 1.92. The van der Waals surface area contributed by atoms with Gasteiger partial charge in [-0.25, -0.2) is 4.98 Å². The maximum atomic E-state index is 4.52. The predicted octanol–water partition coefficient (Wildman–Crippen LogP) is 3.26. The molecular formula is C10H15BrN2S. The summed E-state index contributed by atoms with van der Waals surface area (Å²) in [5.74, 6) is 0. The van der Waals surface area contributed by atoms with Gasteiger partial charge in [0, 0.05) is 22.4 Å². The van der Waals surface area contributed by atoms with Gasteiger partial charge in [0.2, 0.25) is 0 Å². The first-order valence-electron chi connectivity index (χ1n) is 4.64. The van der Waals surface area contributed by atoms with E-state index >= 15 is 0 Å². The second-order valence-electron chi connectivity index (χ2n) is 3.14. The van der Waals surface area contributed by atoms with Gasteiger partial charge in [-0.2, -0.15) is 0 Å². The Balaban J connectivity index is 2.51. The molecule has 0 amide bonds. The molecule has 1 N–H and O–H groups in total. The minimum Gasteiger partial charge on any atom is -0.304 e. The number of aryl methyl sites for hydroxylation is 1. The number of hydrogen-bond acceptors (Lipinski definition) is 3. The summed E-state index contributed by atoms with van der Waals surface area (Å²) in [5.41, 5.74) is 1.13. The van der Waals surface area contributed by atoms with E-state index in [1.54, 1.807) is 11.3 Å². The van der Waals surface area contributed by atoms with Crippen molar-refractivity contribution in [3.8, 4) is 0 Å². The van der Waals surface area contributed by atoms with E-state index in [-0.39, 0.29) is 0 Å². The van der Waals surface area contributed by atoms with Crippen LogP contribution in [-0.4, -0.2) is 11.5 Å². The maximum Gasteiger partial charge on any atom is 0.0926 e. The zero-order chi connectivity index (χ0) is 10.6. The summed E-state index contributed by atoms with van der Waals surface area (Å²) in [7, 11) is 0. The maximum absolute atomic E-state index is 4.52. The summed E-state index contributed by atoms with van der Waals surface area (Å²) in [4.78, 5) is 4.52. The minimum atomic E-state index is 0.292. The third-order valence-corrected chi connectivity index (χ3v) is 3.21. The molecule has 0 bridgehead atoms. The summed E-state index contributed by atoms with van der Waals surface area (Å²) in [5, 5.41) is 6.65. The number of aromatic nitrogens is 1. The summed E-state index contributed by atoms with van der Waals surface area (Å²) in [6.07, 6.45) is 1.02. The molecule has 1 heterocycles. The van der Waals surface area contributed by atoms with Gasteiger partial charge in [0.15, 0.2) is 0 Å². The van der Waals surface area contributed by atoms with Gasteiger partial charge >= 0.3 is 0 Å². The van der Waals surface area contributed by atoms with Crippen LogP contribution in [0.3, 0.4) is 0 Å². The molecule has 1 atom stereocenters. The van der Waals surface area contributed by atoms with Crippen LogP contribution < -0.4 is 5.32 Å². The van der Waals surface area contributed by atoms with Gasteiger partial charge < -0.3 is 5.32 Å². The fraction of sp³-hybridized carbons (Fsp3) is 0.500. The lowest BCUT2D eigenvalue weighted by atomic mass is 10.2. The highest BCUT2D eigenvalue weighted by Crippen LogP contribution is 2.17. The monoisotopic (exact) mass is 274 g/mol. The Bertz CT molecular complexity index is 309. The van der Waals surface area contributed by atoms with E-state index in [1.807, 2.05) is 0 Å². The SMILES string of the molecule is C=C(Br)CNC(C)c1csc(CC)n1. The van der Waals surface area contributed by atoms with E-state index < -0.39 is 0 Å². The number of hydrogen-bond donors (Lipinski definition) is 1. The highest BCUT2D eigenvalue weighted by Gasteiger charge is 2.08. The fourth-order valence-electron chi connectivity index (χ4n) is 1.05. The van der Waals surface area contributed by atoms with E-state index in [4.69, 9.17) is 0 Å². The van der Waals surface area contributed by atoms with Gasteiger partial charge in [0.25, 0.3) is 0 Å². The molecule has 1 aromatic heterocycles. The molecule has 78 valence electrons. The molecule has 1 unspecified atom stereocenters. The molecule has 0 fully saturated rings. The smallest absolute Gasteiger partial charge is 0.0926 e. The van der Waals surface area contributed by atoms with Crippen LogP contribution in [0.15, 0.2) is 16.4 Å². The molecule has 0 saturated carbocycles. The Hall–Kier alpha value is -0.190. The van der Waals surface area contributed by atoms with Crippen molar-refractivity contribution in [2.45, 2.75) is 26.3 Å². The number of rotatable bonds is 5. The third kappa shape index (κ3) is 3.52. The molecule has 1 rings (SSSR count).